The smallest absolute Gasteiger partial charge is 0.335 e. The first-order chi connectivity index (χ1) is 12.0. The van der Waals surface area contributed by atoms with Crippen LogP contribution in [0.2, 0.25) is 5.02 Å². The first-order valence-electron chi connectivity index (χ1n) is 7.65. The van der Waals surface area contributed by atoms with Crippen LogP contribution >= 0.6 is 11.6 Å². The predicted molar refractivity (Wildman–Crippen MR) is 93.9 cm³/mol. The molecule has 2 aromatic carbocycles. The van der Waals surface area contributed by atoms with Crippen molar-refractivity contribution < 1.29 is 19.5 Å². The van der Waals surface area contributed by atoms with Crippen molar-refractivity contribution in [3.63, 3.8) is 0 Å². The van der Waals surface area contributed by atoms with Crippen LogP contribution in [0.25, 0.3) is 0 Å². The van der Waals surface area contributed by atoms with Gasteiger partial charge in [-0.3, -0.25) is 9.59 Å². The second kappa shape index (κ2) is 6.94. The maximum absolute atomic E-state index is 12.4. The van der Waals surface area contributed by atoms with Gasteiger partial charge in [-0.25, -0.2) is 4.79 Å². The number of carbonyl (C=O) groups is 3. The van der Waals surface area contributed by atoms with Crippen LogP contribution < -0.4 is 10.2 Å². The maximum atomic E-state index is 12.4. The number of amides is 2. The van der Waals surface area contributed by atoms with Gasteiger partial charge in [-0.2, -0.15) is 0 Å². The van der Waals surface area contributed by atoms with E-state index in [1.807, 2.05) is 0 Å². The number of hydrogen-bond donors (Lipinski definition) is 2. The molecule has 1 atom stereocenters. The lowest BCUT2D eigenvalue weighted by molar-refractivity contribution is -0.122. The number of nitrogens with zero attached hydrogens (tertiary/aromatic N) is 1. The number of aromatic carboxylic acids is 1. The molecule has 0 spiro atoms. The molecule has 1 fully saturated rings. The molecule has 0 unspecified atom stereocenters. The van der Waals surface area contributed by atoms with Crippen LogP contribution in [-0.4, -0.2) is 29.4 Å². The number of carbonyl (C=O) groups excluding carboxylic acids is 2. The molecule has 2 N–H and O–H groups in total. The van der Waals surface area contributed by atoms with E-state index in [0.29, 0.717) is 16.4 Å². The van der Waals surface area contributed by atoms with E-state index in [2.05, 4.69) is 5.32 Å². The number of rotatable bonds is 4. The molecule has 2 amide bonds. The average Bonchev–Trinajstić information content (AvgIpc) is 2.97. The summed E-state index contributed by atoms with van der Waals surface area (Å²) in [4.78, 5) is 37.0. The Hall–Kier alpha value is -2.86. The van der Waals surface area contributed by atoms with E-state index in [1.54, 1.807) is 24.3 Å². The van der Waals surface area contributed by atoms with Crippen LogP contribution in [-0.2, 0) is 9.59 Å². The van der Waals surface area contributed by atoms with Crippen LogP contribution in [0.5, 0.6) is 0 Å². The first kappa shape index (κ1) is 17.0. The number of halogens is 1. The molecule has 1 saturated heterocycles. The normalized spacial score (nSPS) is 16.8. The van der Waals surface area contributed by atoms with E-state index in [-0.39, 0.29) is 30.3 Å². The van der Waals surface area contributed by atoms with Gasteiger partial charge in [0, 0.05) is 18.7 Å². The Balaban J connectivity index is 1.68. The van der Waals surface area contributed by atoms with Crippen molar-refractivity contribution in [1.82, 2.24) is 0 Å². The summed E-state index contributed by atoms with van der Waals surface area (Å²) in [6.07, 6.45) is 0.101. The quantitative estimate of drug-likeness (QED) is 0.879. The second-order valence-corrected chi connectivity index (χ2v) is 6.14. The monoisotopic (exact) mass is 358 g/mol. The zero-order chi connectivity index (χ0) is 18.0. The Morgan fingerprint density at radius 1 is 1.12 bits per heavy atom. The lowest BCUT2D eigenvalue weighted by Gasteiger charge is -2.18. The summed E-state index contributed by atoms with van der Waals surface area (Å²) in [5.74, 6) is -1.97. The van der Waals surface area contributed by atoms with E-state index in [1.165, 1.54) is 29.2 Å². The molecule has 1 aliphatic rings. The van der Waals surface area contributed by atoms with Crippen LogP contribution in [0.15, 0.2) is 48.5 Å². The summed E-state index contributed by atoms with van der Waals surface area (Å²) >= 11 is 6.12. The summed E-state index contributed by atoms with van der Waals surface area (Å²) in [5, 5.41) is 12.1. The second-order valence-electron chi connectivity index (χ2n) is 5.73. The van der Waals surface area contributed by atoms with Gasteiger partial charge in [-0.1, -0.05) is 23.7 Å². The predicted octanol–water partition coefficient (Wildman–Crippen LogP) is 3.03. The molecule has 6 nitrogen and oxygen atoms in total. The van der Waals surface area contributed by atoms with Gasteiger partial charge in [0.15, 0.2) is 0 Å². The summed E-state index contributed by atoms with van der Waals surface area (Å²) < 4.78 is 0. The van der Waals surface area contributed by atoms with Gasteiger partial charge in [0.2, 0.25) is 11.8 Å². The number of para-hydroxylation sites is 1. The van der Waals surface area contributed by atoms with Gasteiger partial charge in [-0.15, -0.1) is 0 Å². The van der Waals surface area contributed by atoms with Gasteiger partial charge < -0.3 is 15.3 Å². The zero-order valence-corrected chi connectivity index (χ0v) is 13.9. The van der Waals surface area contributed by atoms with Crippen molar-refractivity contribution >= 4 is 40.8 Å². The highest BCUT2D eigenvalue weighted by Crippen LogP contribution is 2.31. The van der Waals surface area contributed by atoms with Gasteiger partial charge in [-0.05, 0) is 36.4 Å². The summed E-state index contributed by atoms with van der Waals surface area (Å²) in [5.41, 5.74) is 1.22. The average molecular weight is 359 g/mol. The Labute approximate surface area is 149 Å². The molecule has 2 aromatic rings. The Kier molecular flexibility index (Phi) is 4.72. The van der Waals surface area contributed by atoms with Crippen LogP contribution in [0.1, 0.15) is 16.8 Å². The van der Waals surface area contributed by atoms with Crippen molar-refractivity contribution in [1.29, 1.82) is 0 Å². The van der Waals surface area contributed by atoms with Crippen LogP contribution in [0, 0.1) is 5.92 Å². The van der Waals surface area contributed by atoms with Crippen molar-refractivity contribution in [3.8, 4) is 0 Å². The van der Waals surface area contributed by atoms with Gasteiger partial charge in [0.25, 0.3) is 0 Å². The molecule has 1 aliphatic heterocycles. The molecule has 0 bridgehead atoms. The van der Waals surface area contributed by atoms with E-state index in [4.69, 9.17) is 16.7 Å². The molecule has 25 heavy (non-hydrogen) atoms. The number of carboxylic acids is 1. The Morgan fingerprint density at radius 3 is 2.44 bits per heavy atom. The third-order valence-electron chi connectivity index (χ3n) is 4.04. The molecule has 1 heterocycles. The highest BCUT2D eigenvalue weighted by Gasteiger charge is 2.35. The number of benzene rings is 2. The maximum Gasteiger partial charge on any atom is 0.335 e. The lowest BCUT2D eigenvalue weighted by atomic mass is 10.1. The highest BCUT2D eigenvalue weighted by molar-refractivity contribution is 6.33. The van der Waals surface area contributed by atoms with E-state index in [9.17, 15) is 14.4 Å². The van der Waals surface area contributed by atoms with Crippen LogP contribution in [0.3, 0.4) is 0 Å². The molecule has 0 saturated carbocycles. The minimum Gasteiger partial charge on any atom is -0.478 e. The van der Waals surface area contributed by atoms with Crippen molar-refractivity contribution in [2.45, 2.75) is 6.42 Å². The topological polar surface area (TPSA) is 86.7 Å². The van der Waals surface area contributed by atoms with E-state index >= 15 is 0 Å². The lowest BCUT2D eigenvalue weighted by Crippen LogP contribution is -2.28. The largest absolute Gasteiger partial charge is 0.478 e. The third-order valence-corrected chi connectivity index (χ3v) is 4.36. The Bertz CT molecular complexity index is 835. The minimum absolute atomic E-state index is 0.101. The van der Waals surface area contributed by atoms with Gasteiger partial charge in [0.1, 0.15) is 0 Å². The summed E-state index contributed by atoms with van der Waals surface area (Å²) in [6, 6.07) is 12.9. The van der Waals surface area contributed by atoms with Crippen molar-refractivity contribution in [2.75, 3.05) is 16.8 Å². The molecule has 128 valence electrons. The fourth-order valence-electron chi connectivity index (χ4n) is 2.73. The van der Waals surface area contributed by atoms with Crippen molar-refractivity contribution in [2.24, 2.45) is 5.92 Å². The Morgan fingerprint density at radius 2 is 1.80 bits per heavy atom. The molecule has 7 heteroatoms. The van der Waals surface area contributed by atoms with Gasteiger partial charge >= 0.3 is 5.97 Å². The highest BCUT2D eigenvalue weighted by atomic mass is 35.5. The number of hydrogen-bond acceptors (Lipinski definition) is 3. The summed E-state index contributed by atoms with van der Waals surface area (Å²) in [7, 11) is 0. The zero-order valence-electron chi connectivity index (χ0n) is 13.1. The third kappa shape index (κ3) is 3.64. The fourth-order valence-corrected chi connectivity index (χ4v) is 2.96. The molecule has 0 radical (unpaired) electrons. The molecular weight excluding hydrogens is 344 g/mol. The minimum atomic E-state index is -1.03. The van der Waals surface area contributed by atoms with Gasteiger partial charge in [0.05, 0.1) is 22.2 Å². The standard InChI is InChI=1S/C18H15ClN2O4/c19-14-3-1-2-4-15(14)21-10-12(9-16(21)22)17(23)20-13-7-5-11(6-8-13)18(24)25/h1-8,12H,9-10H2,(H,20,23)(H,24,25)/t12-/m0/s1. The number of carboxylic acid groups (broad SMARTS) is 1. The molecule has 0 aliphatic carbocycles. The molecular formula is C18H15ClN2O4. The fraction of sp³-hybridized carbons (Fsp3) is 0.167. The van der Waals surface area contributed by atoms with Crippen molar-refractivity contribution in [3.05, 3.63) is 59.1 Å². The molecule has 0 aromatic heterocycles. The van der Waals surface area contributed by atoms with Crippen LogP contribution in [0.4, 0.5) is 11.4 Å². The van der Waals surface area contributed by atoms with E-state index < -0.39 is 11.9 Å². The summed E-state index contributed by atoms with van der Waals surface area (Å²) in [6.45, 7) is 0.252. The number of anilines is 2. The molecule has 3 rings (SSSR count). The number of nitrogens with one attached hydrogen (secondary N) is 1. The van der Waals surface area contributed by atoms with E-state index in [0.717, 1.165) is 0 Å². The SMILES string of the molecule is O=C(O)c1ccc(NC(=O)[C@H]2CC(=O)N(c3ccccc3Cl)C2)cc1. The first-order valence-corrected chi connectivity index (χ1v) is 8.02.